The van der Waals surface area contributed by atoms with Gasteiger partial charge in [0.1, 0.15) is 0 Å². The molecule has 1 aromatic rings. The Hall–Kier alpha value is -1.46. The first kappa shape index (κ1) is 11.0. The number of nitrogens with zero attached hydrogens (tertiary/aromatic N) is 3. The maximum Gasteiger partial charge on any atom is 0.318 e. The van der Waals surface area contributed by atoms with Gasteiger partial charge in [0.15, 0.2) is 0 Å². The molecule has 0 bridgehead atoms. The summed E-state index contributed by atoms with van der Waals surface area (Å²) in [6.45, 7) is 5.49. The summed E-state index contributed by atoms with van der Waals surface area (Å²) in [5.41, 5.74) is 2.56. The highest BCUT2D eigenvalue weighted by Gasteiger charge is 2.22. The van der Waals surface area contributed by atoms with Gasteiger partial charge in [-0.1, -0.05) is 16.2 Å². The van der Waals surface area contributed by atoms with Gasteiger partial charge in [0.05, 0.1) is 0 Å². The predicted molar refractivity (Wildman–Crippen MR) is 54.5 cm³/mol. The number of hydrogen-bond donors (Lipinski definition) is 0. The van der Waals surface area contributed by atoms with Crippen molar-refractivity contribution < 1.29 is 13.2 Å². The molecule has 0 radical (unpaired) electrons. The van der Waals surface area contributed by atoms with Crippen molar-refractivity contribution in [3.63, 3.8) is 0 Å². The molecule has 6 heteroatoms. The Labute approximate surface area is 91.9 Å². The molecule has 0 aromatic carbocycles. The first-order valence-corrected chi connectivity index (χ1v) is 5.09. The number of hydrogen-bond acceptors (Lipinski definition) is 4. The van der Waals surface area contributed by atoms with E-state index in [1.807, 2.05) is 11.8 Å². The van der Waals surface area contributed by atoms with Crippen molar-refractivity contribution in [1.82, 2.24) is 10.2 Å². The number of aromatic nitrogens is 2. The molecule has 2 rings (SSSR count). The number of halogens is 2. The van der Waals surface area contributed by atoms with Gasteiger partial charge in [-0.15, -0.1) is 5.10 Å². The zero-order chi connectivity index (χ0) is 11.7. The van der Waals surface area contributed by atoms with Crippen LogP contribution in [0.1, 0.15) is 32.6 Å². The van der Waals surface area contributed by atoms with E-state index in [2.05, 4.69) is 17.1 Å². The molecule has 0 N–H and O–H groups in total. The first-order valence-electron chi connectivity index (χ1n) is 5.09. The van der Waals surface area contributed by atoms with Gasteiger partial charge >= 0.3 is 12.4 Å². The lowest BCUT2D eigenvalue weighted by Crippen LogP contribution is -2.30. The third kappa shape index (κ3) is 2.05. The average Bonchev–Trinajstić information content (AvgIpc) is 2.71. The van der Waals surface area contributed by atoms with Gasteiger partial charge in [-0.2, -0.15) is 8.78 Å². The van der Waals surface area contributed by atoms with Crippen LogP contribution in [0, 0.1) is 0 Å². The van der Waals surface area contributed by atoms with E-state index in [-0.39, 0.29) is 6.01 Å². The van der Waals surface area contributed by atoms with Crippen LogP contribution in [0.15, 0.2) is 15.6 Å². The van der Waals surface area contributed by atoms with Gasteiger partial charge in [0.2, 0.25) is 0 Å². The molecular formula is C10H13F2N3O. The Kier molecular flexibility index (Phi) is 2.89. The van der Waals surface area contributed by atoms with Crippen molar-refractivity contribution >= 4 is 6.01 Å². The van der Waals surface area contributed by atoms with Crippen LogP contribution in [0.3, 0.4) is 0 Å². The van der Waals surface area contributed by atoms with Gasteiger partial charge in [-0.3, -0.25) is 0 Å². The van der Waals surface area contributed by atoms with E-state index in [0.717, 1.165) is 13.0 Å². The molecule has 1 aromatic heterocycles. The molecule has 2 heterocycles. The lowest BCUT2D eigenvalue weighted by Gasteiger charge is -2.26. The van der Waals surface area contributed by atoms with Crippen LogP contribution in [0.2, 0.25) is 0 Å². The Morgan fingerprint density at radius 1 is 1.25 bits per heavy atom. The third-order valence-electron chi connectivity index (χ3n) is 2.80. The minimum Gasteiger partial charge on any atom is -0.402 e. The molecular weight excluding hydrogens is 216 g/mol. The lowest BCUT2D eigenvalue weighted by atomic mass is 10.0. The number of alkyl halides is 2. The quantitative estimate of drug-likeness (QED) is 0.731. The van der Waals surface area contributed by atoms with Crippen LogP contribution in [-0.2, 0) is 0 Å². The molecule has 1 aliphatic rings. The van der Waals surface area contributed by atoms with Crippen molar-refractivity contribution in [2.75, 3.05) is 18.0 Å². The zero-order valence-corrected chi connectivity index (χ0v) is 9.20. The Morgan fingerprint density at radius 2 is 2.00 bits per heavy atom. The summed E-state index contributed by atoms with van der Waals surface area (Å²) in [4.78, 5) is 1.82. The zero-order valence-electron chi connectivity index (χ0n) is 9.20. The first-order chi connectivity index (χ1) is 7.58. The summed E-state index contributed by atoms with van der Waals surface area (Å²) in [7, 11) is 0. The highest BCUT2D eigenvalue weighted by Crippen LogP contribution is 2.25. The van der Waals surface area contributed by atoms with Gasteiger partial charge < -0.3 is 9.32 Å². The monoisotopic (exact) mass is 229 g/mol. The summed E-state index contributed by atoms with van der Waals surface area (Å²) in [5.74, 6) is -0.612. The molecule has 0 saturated heterocycles. The van der Waals surface area contributed by atoms with E-state index in [1.165, 1.54) is 11.1 Å². The summed E-state index contributed by atoms with van der Waals surface area (Å²) in [6, 6.07) is 0.183. The fraction of sp³-hybridized carbons (Fsp3) is 0.600. The fourth-order valence-corrected chi connectivity index (χ4v) is 1.62. The maximum atomic E-state index is 12.3. The largest absolute Gasteiger partial charge is 0.402 e. The molecule has 0 unspecified atom stereocenters. The van der Waals surface area contributed by atoms with E-state index in [0.29, 0.717) is 6.54 Å². The number of rotatable bonds is 2. The topological polar surface area (TPSA) is 42.2 Å². The standard InChI is InChI=1S/C10H13F2N3O/c1-6-3-4-15(5-7(6)2)10-14-13-9(16-10)8(11)12/h8H,3-5H2,1-2H3. The third-order valence-corrected chi connectivity index (χ3v) is 2.80. The molecule has 0 aliphatic carbocycles. The minimum atomic E-state index is -2.70. The second-order valence-electron chi connectivity index (χ2n) is 3.96. The Bertz CT molecular complexity index is 414. The lowest BCUT2D eigenvalue weighted by molar-refractivity contribution is 0.115. The van der Waals surface area contributed by atoms with Crippen molar-refractivity contribution in [3.05, 3.63) is 17.0 Å². The van der Waals surface area contributed by atoms with E-state index < -0.39 is 12.3 Å². The normalized spacial score (nSPS) is 17.4. The molecule has 0 fully saturated rings. The molecule has 4 nitrogen and oxygen atoms in total. The SMILES string of the molecule is CC1=C(C)CN(c2nnc(C(F)F)o2)CC1. The maximum absolute atomic E-state index is 12.3. The van der Waals surface area contributed by atoms with Crippen LogP contribution >= 0.6 is 0 Å². The van der Waals surface area contributed by atoms with Crippen molar-refractivity contribution in [2.24, 2.45) is 0 Å². The minimum absolute atomic E-state index is 0.183. The highest BCUT2D eigenvalue weighted by molar-refractivity contribution is 5.33. The van der Waals surface area contributed by atoms with Crippen LogP contribution < -0.4 is 4.90 Å². The number of anilines is 1. The summed E-state index contributed by atoms with van der Waals surface area (Å²) < 4.78 is 29.4. The van der Waals surface area contributed by atoms with Gasteiger partial charge in [0.25, 0.3) is 5.89 Å². The van der Waals surface area contributed by atoms with Crippen molar-refractivity contribution in [2.45, 2.75) is 26.7 Å². The van der Waals surface area contributed by atoms with Crippen molar-refractivity contribution in [3.8, 4) is 0 Å². The molecule has 0 amide bonds. The highest BCUT2D eigenvalue weighted by atomic mass is 19.3. The molecule has 0 saturated carbocycles. The van der Waals surface area contributed by atoms with Gasteiger partial charge in [0, 0.05) is 13.1 Å². The second-order valence-corrected chi connectivity index (χ2v) is 3.96. The van der Waals surface area contributed by atoms with Crippen LogP contribution in [0.4, 0.5) is 14.8 Å². The van der Waals surface area contributed by atoms with Crippen LogP contribution in [0.5, 0.6) is 0 Å². The average molecular weight is 229 g/mol. The predicted octanol–water partition coefficient (Wildman–Crippen LogP) is 2.55. The van der Waals surface area contributed by atoms with E-state index in [9.17, 15) is 8.78 Å². The molecule has 16 heavy (non-hydrogen) atoms. The Balaban J connectivity index is 2.14. The van der Waals surface area contributed by atoms with Crippen molar-refractivity contribution in [1.29, 1.82) is 0 Å². The van der Waals surface area contributed by atoms with Gasteiger partial charge in [-0.25, -0.2) is 0 Å². The van der Waals surface area contributed by atoms with Crippen LogP contribution in [-0.4, -0.2) is 23.3 Å². The van der Waals surface area contributed by atoms with Crippen LogP contribution in [0.25, 0.3) is 0 Å². The van der Waals surface area contributed by atoms with E-state index >= 15 is 0 Å². The molecule has 0 spiro atoms. The molecule has 88 valence electrons. The summed E-state index contributed by atoms with van der Waals surface area (Å²) >= 11 is 0. The summed E-state index contributed by atoms with van der Waals surface area (Å²) in [6.07, 6.45) is -1.80. The molecule has 0 atom stereocenters. The van der Waals surface area contributed by atoms with E-state index in [4.69, 9.17) is 4.42 Å². The molecule has 1 aliphatic heterocycles. The van der Waals surface area contributed by atoms with E-state index in [1.54, 1.807) is 0 Å². The summed E-state index contributed by atoms with van der Waals surface area (Å²) in [5, 5.41) is 6.94. The second kappa shape index (κ2) is 4.19. The smallest absolute Gasteiger partial charge is 0.318 e. The Morgan fingerprint density at radius 3 is 2.56 bits per heavy atom. The van der Waals surface area contributed by atoms with Gasteiger partial charge in [-0.05, 0) is 20.3 Å². The fourth-order valence-electron chi connectivity index (χ4n) is 1.62.